The van der Waals surface area contributed by atoms with Gasteiger partial charge in [0.25, 0.3) is 0 Å². The second-order valence-electron chi connectivity index (χ2n) is 4.49. The maximum atomic E-state index is 11.9. The molecule has 1 amide bonds. The molecule has 1 aliphatic rings. The molecule has 1 fully saturated rings. The molecule has 5 nitrogen and oxygen atoms in total. The standard InChI is InChI=1S/C13H23NO4/c1-3-9-17-12(15)11-7-5-6-8-14(11)13(16)18-10-4-2/h11H,3-10H2,1-2H3. The van der Waals surface area contributed by atoms with Crippen LogP contribution in [0.15, 0.2) is 0 Å². The van der Waals surface area contributed by atoms with Crippen LogP contribution >= 0.6 is 0 Å². The van der Waals surface area contributed by atoms with E-state index >= 15 is 0 Å². The molecule has 1 rings (SSSR count). The minimum absolute atomic E-state index is 0.301. The molecule has 1 saturated heterocycles. The number of likely N-dealkylation sites (tertiary alicyclic amines) is 1. The fourth-order valence-corrected chi connectivity index (χ4v) is 1.97. The molecule has 1 aliphatic heterocycles. The number of nitrogens with zero attached hydrogens (tertiary/aromatic N) is 1. The number of esters is 1. The predicted octanol–water partition coefficient (Wildman–Crippen LogP) is 2.34. The van der Waals surface area contributed by atoms with Gasteiger partial charge in [-0.1, -0.05) is 13.8 Å². The number of amides is 1. The Labute approximate surface area is 108 Å². The van der Waals surface area contributed by atoms with Gasteiger partial charge in [-0.2, -0.15) is 0 Å². The van der Waals surface area contributed by atoms with E-state index in [-0.39, 0.29) is 5.97 Å². The molecule has 0 aromatic carbocycles. The zero-order chi connectivity index (χ0) is 13.4. The maximum Gasteiger partial charge on any atom is 0.410 e. The quantitative estimate of drug-likeness (QED) is 0.709. The van der Waals surface area contributed by atoms with Gasteiger partial charge in [-0.05, 0) is 32.1 Å². The highest BCUT2D eigenvalue weighted by Crippen LogP contribution is 2.19. The van der Waals surface area contributed by atoms with Crippen molar-refractivity contribution >= 4 is 12.1 Å². The number of carbonyl (C=O) groups is 2. The zero-order valence-corrected chi connectivity index (χ0v) is 11.3. The summed E-state index contributed by atoms with van der Waals surface area (Å²) >= 11 is 0. The maximum absolute atomic E-state index is 11.9. The van der Waals surface area contributed by atoms with Crippen LogP contribution in [0.4, 0.5) is 4.79 Å². The molecule has 0 bridgehead atoms. The molecule has 104 valence electrons. The van der Waals surface area contributed by atoms with Gasteiger partial charge in [0.2, 0.25) is 0 Å². The largest absolute Gasteiger partial charge is 0.464 e. The van der Waals surface area contributed by atoms with Gasteiger partial charge in [-0.25, -0.2) is 9.59 Å². The summed E-state index contributed by atoms with van der Waals surface area (Å²) in [5.74, 6) is -0.301. The highest BCUT2D eigenvalue weighted by Gasteiger charge is 2.34. The summed E-state index contributed by atoms with van der Waals surface area (Å²) in [5, 5.41) is 0. The first-order valence-corrected chi connectivity index (χ1v) is 6.80. The first-order chi connectivity index (χ1) is 8.70. The van der Waals surface area contributed by atoms with Crippen molar-refractivity contribution in [1.82, 2.24) is 4.90 Å². The minimum Gasteiger partial charge on any atom is -0.464 e. The Hall–Kier alpha value is -1.26. The summed E-state index contributed by atoms with van der Waals surface area (Å²) < 4.78 is 10.2. The average Bonchev–Trinajstić information content (AvgIpc) is 2.42. The van der Waals surface area contributed by atoms with Crippen LogP contribution in [-0.4, -0.2) is 42.8 Å². The second kappa shape index (κ2) is 7.95. The van der Waals surface area contributed by atoms with Crippen molar-refractivity contribution in [3.05, 3.63) is 0 Å². The molecule has 18 heavy (non-hydrogen) atoms. The Morgan fingerprint density at radius 1 is 1.11 bits per heavy atom. The van der Waals surface area contributed by atoms with Gasteiger partial charge in [0.15, 0.2) is 0 Å². The smallest absolute Gasteiger partial charge is 0.410 e. The molecule has 0 saturated carbocycles. The molecule has 1 heterocycles. The molecule has 1 atom stereocenters. The summed E-state index contributed by atoms with van der Waals surface area (Å²) in [5.41, 5.74) is 0. The molecule has 0 aromatic heterocycles. The number of carbonyl (C=O) groups excluding carboxylic acids is 2. The van der Waals surface area contributed by atoms with E-state index < -0.39 is 12.1 Å². The average molecular weight is 257 g/mol. The Morgan fingerprint density at radius 3 is 2.44 bits per heavy atom. The van der Waals surface area contributed by atoms with Crippen LogP contribution in [0.5, 0.6) is 0 Å². The lowest BCUT2D eigenvalue weighted by Crippen LogP contribution is -2.49. The first-order valence-electron chi connectivity index (χ1n) is 6.80. The van der Waals surface area contributed by atoms with Crippen molar-refractivity contribution in [1.29, 1.82) is 0 Å². The van der Waals surface area contributed by atoms with Crippen molar-refractivity contribution in [2.24, 2.45) is 0 Å². The molecule has 0 N–H and O–H groups in total. The van der Waals surface area contributed by atoms with E-state index in [1.165, 1.54) is 4.90 Å². The van der Waals surface area contributed by atoms with Gasteiger partial charge in [0.05, 0.1) is 13.2 Å². The molecule has 0 aliphatic carbocycles. The Balaban J connectivity index is 2.55. The molecule has 5 heteroatoms. The van der Waals surface area contributed by atoms with Crippen molar-refractivity contribution in [3.8, 4) is 0 Å². The fourth-order valence-electron chi connectivity index (χ4n) is 1.97. The summed E-state index contributed by atoms with van der Waals surface area (Å²) in [6, 6.07) is -0.463. The van der Waals surface area contributed by atoms with E-state index in [0.29, 0.717) is 26.2 Å². The van der Waals surface area contributed by atoms with E-state index in [0.717, 1.165) is 25.7 Å². The highest BCUT2D eigenvalue weighted by molar-refractivity contribution is 5.81. The minimum atomic E-state index is -0.463. The van der Waals surface area contributed by atoms with Crippen molar-refractivity contribution in [3.63, 3.8) is 0 Å². The predicted molar refractivity (Wildman–Crippen MR) is 67.2 cm³/mol. The molecule has 0 spiro atoms. The van der Waals surface area contributed by atoms with Crippen LogP contribution in [0.25, 0.3) is 0 Å². The number of hydrogen-bond donors (Lipinski definition) is 0. The van der Waals surface area contributed by atoms with Gasteiger partial charge >= 0.3 is 12.1 Å². The summed E-state index contributed by atoms with van der Waals surface area (Å²) in [6.07, 6.45) is 3.71. The van der Waals surface area contributed by atoms with Gasteiger partial charge in [0, 0.05) is 6.54 Å². The Kier molecular flexibility index (Phi) is 6.54. The fraction of sp³-hybridized carbons (Fsp3) is 0.846. The van der Waals surface area contributed by atoms with Crippen LogP contribution < -0.4 is 0 Å². The topological polar surface area (TPSA) is 55.8 Å². The molecular weight excluding hydrogens is 234 g/mol. The van der Waals surface area contributed by atoms with E-state index in [1.807, 2.05) is 13.8 Å². The van der Waals surface area contributed by atoms with Crippen molar-refractivity contribution < 1.29 is 19.1 Å². The first kappa shape index (κ1) is 14.8. The molecule has 1 unspecified atom stereocenters. The number of piperidine rings is 1. The van der Waals surface area contributed by atoms with Crippen LogP contribution in [0, 0.1) is 0 Å². The third-order valence-corrected chi connectivity index (χ3v) is 2.89. The lowest BCUT2D eigenvalue weighted by molar-refractivity contribution is -0.150. The second-order valence-corrected chi connectivity index (χ2v) is 4.49. The third-order valence-electron chi connectivity index (χ3n) is 2.89. The van der Waals surface area contributed by atoms with Crippen LogP contribution in [0.2, 0.25) is 0 Å². The highest BCUT2D eigenvalue weighted by atomic mass is 16.6. The summed E-state index contributed by atoms with van der Waals surface area (Å²) in [4.78, 5) is 25.2. The lowest BCUT2D eigenvalue weighted by atomic mass is 10.0. The van der Waals surface area contributed by atoms with E-state index in [2.05, 4.69) is 0 Å². The van der Waals surface area contributed by atoms with Crippen LogP contribution in [0.1, 0.15) is 46.0 Å². The summed E-state index contributed by atoms with van der Waals surface area (Å²) in [6.45, 7) is 5.27. The Bertz CT molecular complexity index is 252. The van der Waals surface area contributed by atoms with Gasteiger partial charge < -0.3 is 9.47 Å². The molecular formula is C13H23NO4. The van der Waals surface area contributed by atoms with E-state index in [1.54, 1.807) is 0 Å². The van der Waals surface area contributed by atoms with Gasteiger partial charge in [-0.15, -0.1) is 0 Å². The lowest BCUT2D eigenvalue weighted by Gasteiger charge is -2.33. The molecule has 0 aromatic rings. The number of rotatable bonds is 5. The number of ether oxygens (including phenoxy) is 2. The van der Waals surface area contributed by atoms with E-state index in [9.17, 15) is 9.59 Å². The van der Waals surface area contributed by atoms with Crippen LogP contribution in [-0.2, 0) is 14.3 Å². The van der Waals surface area contributed by atoms with Gasteiger partial charge in [0.1, 0.15) is 6.04 Å². The normalized spacial score (nSPS) is 19.4. The number of hydrogen-bond acceptors (Lipinski definition) is 4. The zero-order valence-electron chi connectivity index (χ0n) is 11.3. The van der Waals surface area contributed by atoms with Crippen LogP contribution in [0.3, 0.4) is 0 Å². The molecule has 0 radical (unpaired) electrons. The SMILES string of the molecule is CCCOC(=O)C1CCCCN1C(=O)OCCC. The van der Waals surface area contributed by atoms with Crippen molar-refractivity contribution in [2.75, 3.05) is 19.8 Å². The van der Waals surface area contributed by atoms with Gasteiger partial charge in [-0.3, -0.25) is 4.90 Å². The monoisotopic (exact) mass is 257 g/mol. The van der Waals surface area contributed by atoms with E-state index in [4.69, 9.17) is 9.47 Å². The Morgan fingerprint density at radius 2 is 1.78 bits per heavy atom. The summed E-state index contributed by atoms with van der Waals surface area (Å²) in [7, 11) is 0. The van der Waals surface area contributed by atoms with Crippen molar-refractivity contribution in [2.45, 2.75) is 52.0 Å². The third kappa shape index (κ3) is 4.20.